The largest absolute Gasteiger partial charge is 0.300 e. The van der Waals surface area contributed by atoms with Gasteiger partial charge >= 0.3 is 0 Å². The van der Waals surface area contributed by atoms with Crippen LogP contribution in [0.15, 0.2) is 5.51 Å². The number of nitrogens with one attached hydrogen (secondary N) is 1. The standard InChI is InChI=1S/C6H5Cl2N3OS/c7-6(8)1-3(6)4(12)10-5-11-9-2-13-5/h2-3H,1H2,(H,10,11,12). The van der Waals surface area contributed by atoms with Gasteiger partial charge in [0.2, 0.25) is 11.0 Å². The molecule has 0 aliphatic heterocycles. The molecule has 1 aromatic heterocycles. The molecule has 0 spiro atoms. The fourth-order valence-corrected chi connectivity index (χ4v) is 1.87. The molecule has 1 aliphatic carbocycles. The summed E-state index contributed by atoms with van der Waals surface area (Å²) in [6.45, 7) is 0. The third-order valence-corrected chi connectivity index (χ3v) is 3.17. The van der Waals surface area contributed by atoms with Crippen molar-refractivity contribution in [2.45, 2.75) is 10.8 Å². The second-order valence-corrected chi connectivity index (χ2v) is 5.13. The molecule has 0 aromatic carbocycles. The molecule has 7 heteroatoms. The lowest BCUT2D eigenvalue weighted by atomic mass is 10.4. The van der Waals surface area contributed by atoms with E-state index in [2.05, 4.69) is 15.5 Å². The maximum Gasteiger partial charge on any atom is 0.232 e. The Bertz CT molecular complexity index is 327. The highest BCUT2D eigenvalue weighted by molar-refractivity contribution is 7.13. The molecule has 1 saturated carbocycles. The molecular formula is C6H5Cl2N3OS. The molecule has 1 unspecified atom stereocenters. The lowest BCUT2D eigenvalue weighted by molar-refractivity contribution is -0.117. The van der Waals surface area contributed by atoms with Crippen LogP contribution in [0.1, 0.15) is 6.42 Å². The fraction of sp³-hybridized carbons (Fsp3) is 0.500. The summed E-state index contributed by atoms with van der Waals surface area (Å²) in [7, 11) is 0. The molecule has 13 heavy (non-hydrogen) atoms. The van der Waals surface area contributed by atoms with Gasteiger partial charge in [0.25, 0.3) is 0 Å². The molecule has 1 N–H and O–H groups in total. The van der Waals surface area contributed by atoms with Crippen molar-refractivity contribution >= 4 is 45.6 Å². The highest BCUT2D eigenvalue weighted by Gasteiger charge is 2.56. The number of alkyl halides is 2. The van der Waals surface area contributed by atoms with Crippen molar-refractivity contribution in [3.63, 3.8) is 0 Å². The minimum Gasteiger partial charge on any atom is -0.300 e. The van der Waals surface area contributed by atoms with Crippen molar-refractivity contribution in [2.75, 3.05) is 5.32 Å². The van der Waals surface area contributed by atoms with Gasteiger partial charge in [0.15, 0.2) is 0 Å². The Morgan fingerprint density at radius 1 is 1.77 bits per heavy atom. The van der Waals surface area contributed by atoms with Crippen molar-refractivity contribution in [1.82, 2.24) is 10.2 Å². The van der Waals surface area contributed by atoms with Crippen LogP contribution in [-0.2, 0) is 4.79 Å². The molecule has 2 rings (SSSR count). The topological polar surface area (TPSA) is 54.9 Å². The van der Waals surface area contributed by atoms with E-state index in [4.69, 9.17) is 23.2 Å². The molecule has 70 valence electrons. The van der Waals surface area contributed by atoms with E-state index < -0.39 is 4.33 Å². The lowest BCUT2D eigenvalue weighted by Crippen LogP contribution is -2.16. The van der Waals surface area contributed by atoms with E-state index in [1.807, 2.05) is 0 Å². The smallest absolute Gasteiger partial charge is 0.232 e. The minimum absolute atomic E-state index is 0.193. The Hall–Kier alpha value is -0.390. The van der Waals surface area contributed by atoms with Crippen LogP contribution in [0.5, 0.6) is 0 Å². The van der Waals surface area contributed by atoms with Gasteiger partial charge in [0, 0.05) is 0 Å². The van der Waals surface area contributed by atoms with Gasteiger partial charge in [-0.1, -0.05) is 11.3 Å². The quantitative estimate of drug-likeness (QED) is 0.797. The molecule has 0 saturated heterocycles. The molecule has 1 fully saturated rings. The second-order valence-electron chi connectivity index (χ2n) is 2.75. The molecule has 4 nitrogen and oxygen atoms in total. The van der Waals surface area contributed by atoms with Gasteiger partial charge in [-0.2, -0.15) is 0 Å². The summed E-state index contributed by atoms with van der Waals surface area (Å²) in [4.78, 5) is 11.3. The van der Waals surface area contributed by atoms with Gasteiger partial charge in [0.1, 0.15) is 9.84 Å². The molecule has 1 aliphatic rings. The van der Waals surface area contributed by atoms with Crippen LogP contribution >= 0.6 is 34.5 Å². The Kier molecular flexibility index (Phi) is 2.17. The van der Waals surface area contributed by atoms with Gasteiger partial charge < -0.3 is 5.32 Å². The number of amides is 1. The van der Waals surface area contributed by atoms with E-state index >= 15 is 0 Å². The van der Waals surface area contributed by atoms with Crippen molar-refractivity contribution in [1.29, 1.82) is 0 Å². The summed E-state index contributed by atoms with van der Waals surface area (Å²) in [5.74, 6) is -0.513. The van der Waals surface area contributed by atoms with Crippen LogP contribution in [0.4, 0.5) is 5.13 Å². The molecule has 1 amide bonds. The Balaban J connectivity index is 1.94. The van der Waals surface area contributed by atoms with E-state index in [9.17, 15) is 4.79 Å². The first-order valence-electron chi connectivity index (χ1n) is 3.54. The highest BCUT2D eigenvalue weighted by atomic mass is 35.5. The zero-order valence-corrected chi connectivity index (χ0v) is 8.66. The van der Waals surface area contributed by atoms with E-state index in [1.165, 1.54) is 16.8 Å². The monoisotopic (exact) mass is 237 g/mol. The lowest BCUT2D eigenvalue weighted by Gasteiger charge is -1.99. The molecule has 0 radical (unpaired) electrons. The van der Waals surface area contributed by atoms with E-state index in [0.29, 0.717) is 11.6 Å². The first kappa shape index (κ1) is 9.18. The average molecular weight is 238 g/mol. The number of rotatable bonds is 2. The summed E-state index contributed by atoms with van der Waals surface area (Å²) in [6.07, 6.45) is 0.501. The molecule has 0 bridgehead atoms. The summed E-state index contributed by atoms with van der Waals surface area (Å²) in [5.41, 5.74) is 1.54. The fourth-order valence-electron chi connectivity index (χ4n) is 0.918. The minimum atomic E-state index is -0.880. The Morgan fingerprint density at radius 3 is 2.92 bits per heavy atom. The number of hydrogen-bond acceptors (Lipinski definition) is 4. The van der Waals surface area contributed by atoms with Crippen LogP contribution in [0.3, 0.4) is 0 Å². The highest BCUT2D eigenvalue weighted by Crippen LogP contribution is 2.53. The Morgan fingerprint density at radius 2 is 2.46 bits per heavy atom. The van der Waals surface area contributed by atoms with Crippen LogP contribution in [0, 0.1) is 5.92 Å². The molecular weight excluding hydrogens is 233 g/mol. The predicted molar refractivity (Wildman–Crippen MR) is 51.1 cm³/mol. The van der Waals surface area contributed by atoms with Gasteiger partial charge in [-0.25, -0.2) is 0 Å². The molecule has 1 heterocycles. The van der Waals surface area contributed by atoms with Crippen LogP contribution < -0.4 is 5.32 Å². The average Bonchev–Trinajstić information content (AvgIpc) is 2.49. The van der Waals surface area contributed by atoms with Gasteiger partial charge in [-0.05, 0) is 6.42 Å². The predicted octanol–water partition coefficient (Wildman–Crippen LogP) is 1.67. The van der Waals surface area contributed by atoms with Gasteiger partial charge in [0.05, 0.1) is 5.92 Å². The van der Waals surface area contributed by atoms with E-state index in [1.54, 1.807) is 0 Å². The summed E-state index contributed by atoms with van der Waals surface area (Å²) >= 11 is 12.7. The van der Waals surface area contributed by atoms with Crippen molar-refractivity contribution in [3.8, 4) is 0 Å². The number of hydrogen-bond donors (Lipinski definition) is 1. The third kappa shape index (κ3) is 1.92. The van der Waals surface area contributed by atoms with Crippen molar-refractivity contribution < 1.29 is 4.79 Å². The maximum absolute atomic E-state index is 11.3. The third-order valence-electron chi connectivity index (χ3n) is 1.73. The number of halogens is 2. The maximum atomic E-state index is 11.3. The number of carbonyl (C=O) groups is 1. The zero-order chi connectivity index (χ0) is 9.47. The summed E-state index contributed by atoms with van der Waals surface area (Å²) < 4.78 is -0.880. The SMILES string of the molecule is O=C(Nc1nncs1)C1CC1(Cl)Cl. The Labute approximate surface area is 88.3 Å². The van der Waals surface area contributed by atoms with Crippen LogP contribution in [-0.4, -0.2) is 20.4 Å². The van der Waals surface area contributed by atoms with Crippen molar-refractivity contribution in [2.24, 2.45) is 5.92 Å². The first-order chi connectivity index (χ1) is 6.09. The van der Waals surface area contributed by atoms with Gasteiger partial charge in [-0.15, -0.1) is 33.4 Å². The number of anilines is 1. The van der Waals surface area contributed by atoms with Gasteiger partial charge in [-0.3, -0.25) is 4.79 Å². The van der Waals surface area contributed by atoms with Crippen LogP contribution in [0.25, 0.3) is 0 Å². The number of nitrogens with zero attached hydrogens (tertiary/aromatic N) is 2. The summed E-state index contributed by atoms with van der Waals surface area (Å²) in [6, 6.07) is 0. The number of carbonyl (C=O) groups excluding carboxylic acids is 1. The second kappa shape index (κ2) is 3.08. The number of aromatic nitrogens is 2. The summed E-state index contributed by atoms with van der Waals surface area (Å²) in [5, 5.41) is 10.3. The zero-order valence-electron chi connectivity index (χ0n) is 6.33. The van der Waals surface area contributed by atoms with Crippen LogP contribution in [0.2, 0.25) is 0 Å². The normalized spacial score (nSPS) is 24.0. The molecule has 1 atom stereocenters. The van der Waals surface area contributed by atoms with E-state index in [0.717, 1.165) is 0 Å². The van der Waals surface area contributed by atoms with Crippen molar-refractivity contribution in [3.05, 3.63) is 5.51 Å². The molecule has 1 aromatic rings. The van der Waals surface area contributed by atoms with E-state index in [-0.39, 0.29) is 11.8 Å². The first-order valence-corrected chi connectivity index (χ1v) is 5.18.